The highest BCUT2D eigenvalue weighted by atomic mass is 16.5. The first-order chi connectivity index (χ1) is 25.3. The number of pyridine rings is 1. The van der Waals surface area contributed by atoms with Gasteiger partial charge >= 0.3 is 0 Å². The van der Waals surface area contributed by atoms with Gasteiger partial charge in [0.1, 0.15) is 5.82 Å². The zero-order chi connectivity index (χ0) is 33.7. The molecule has 0 aliphatic carbocycles. The molecule has 0 fully saturated rings. The zero-order valence-corrected chi connectivity index (χ0v) is 27.4. The van der Waals surface area contributed by atoms with E-state index in [0.29, 0.717) is 11.6 Å². The Hall–Kier alpha value is -7.05. The molecular formula is C45H29N5O. The normalized spacial score (nSPS) is 12.0. The van der Waals surface area contributed by atoms with E-state index in [4.69, 9.17) is 19.7 Å². The van der Waals surface area contributed by atoms with Gasteiger partial charge in [-0.05, 0) is 82.9 Å². The van der Waals surface area contributed by atoms with E-state index in [1.54, 1.807) is 6.20 Å². The SMILES string of the molecule is c1ccc(-c2ccc3c(c2)c2cc(-c4ccccc4)ccc2n3-c2cc(-c3ccccn3)nc(N3c4ccccc4Oc4ccccc43)n2)cc1. The van der Waals surface area contributed by atoms with Crippen molar-refractivity contribution >= 4 is 39.1 Å². The maximum Gasteiger partial charge on any atom is 0.237 e. The summed E-state index contributed by atoms with van der Waals surface area (Å²) in [4.78, 5) is 17.4. The van der Waals surface area contributed by atoms with Crippen LogP contribution in [0.1, 0.15) is 0 Å². The van der Waals surface area contributed by atoms with Crippen LogP contribution in [0.4, 0.5) is 17.3 Å². The van der Waals surface area contributed by atoms with E-state index in [0.717, 1.165) is 67.3 Å². The number of fused-ring (bicyclic) bond motifs is 5. The van der Waals surface area contributed by atoms with Crippen LogP contribution in [-0.4, -0.2) is 19.5 Å². The number of nitrogens with zero attached hydrogens (tertiary/aromatic N) is 5. The summed E-state index contributed by atoms with van der Waals surface area (Å²) in [7, 11) is 0. The Balaban J connectivity index is 1.26. The van der Waals surface area contributed by atoms with Gasteiger partial charge < -0.3 is 4.74 Å². The molecule has 0 spiro atoms. The number of anilines is 3. The summed E-state index contributed by atoms with van der Waals surface area (Å²) >= 11 is 0. The highest BCUT2D eigenvalue weighted by Gasteiger charge is 2.28. The number of benzene rings is 6. The third-order valence-corrected chi connectivity index (χ3v) is 9.47. The first-order valence-corrected chi connectivity index (χ1v) is 16.9. The second-order valence-corrected chi connectivity index (χ2v) is 12.5. The lowest BCUT2D eigenvalue weighted by Gasteiger charge is -2.31. The number of ether oxygens (including phenoxy) is 1. The van der Waals surface area contributed by atoms with E-state index < -0.39 is 0 Å². The van der Waals surface area contributed by atoms with E-state index in [1.807, 2.05) is 72.8 Å². The minimum Gasteiger partial charge on any atom is -0.453 e. The zero-order valence-electron chi connectivity index (χ0n) is 27.4. The molecule has 9 aromatic rings. The Kier molecular flexibility index (Phi) is 6.70. The Morgan fingerprint density at radius 2 is 0.980 bits per heavy atom. The molecule has 10 rings (SSSR count). The summed E-state index contributed by atoms with van der Waals surface area (Å²) in [6, 6.07) is 58.4. The van der Waals surface area contributed by atoms with Gasteiger partial charge in [0, 0.05) is 23.0 Å². The Bertz CT molecular complexity index is 2580. The smallest absolute Gasteiger partial charge is 0.237 e. The van der Waals surface area contributed by atoms with Crippen LogP contribution < -0.4 is 9.64 Å². The summed E-state index contributed by atoms with van der Waals surface area (Å²) in [6.45, 7) is 0. The molecule has 1 aliphatic rings. The number of para-hydroxylation sites is 4. The van der Waals surface area contributed by atoms with Crippen LogP contribution in [0.25, 0.3) is 61.3 Å². The molecule has 0 amide bonds. The van der Waals surface area contributed by atoms with Gasteiger partial charge in [0.25, 0.3) is 0 Å². The fourth-order valence-electron chi connectivity index (χ4n) is 7.09. The molecule has 4 heterocycles. The second-order valence-electron chi connectivity index (χ2n) is 12.5. The van der Waals surface area contributed by atoms with Gasteiger partial charge in [-0.3, -0.25) is 14.5 Å². The fourth-order valence-corrected chi connectivity index (χ4v) is 7.09. The van der Waals surface area contributed by atoms with Crippen molar-refractivity contribution in [1.82, 2.24) is 19.5 Å². The molecule has 0 saturated heterocycles. The quantitative estimate of drug-likeness (QED) is 0.185. The minimum absolute atomic E-state index is 0.521. The molecule has 1 aliphatic heterocycles. The number of aromatic nitrogens is 4. The van der Waals surface area contributed by atoms with Crippen LogP contribution in [0.15, 0.2) is 176 Å². The van der Waals surface area contributed by atoms with Gasteiger partial charge in [-0.15, -0.1) is 0 Å². The molecule has 6 nitrogen and oxygen atoms in total. The number of rotatable bonds is 5. The molecule has 0 radical (unpaired) electrons. The van der Waals surface area contributed by atoms with Crippen LogP contribution in [0, 0.1) is 0 Å². The molecular weight excluding hydrogens is 627 g/mol. The van der Waals surface area contributed by atoms with Crippen molar-refractivity contribution in [1.29, 1.82) is 0 Å². The standard InChI is InChI=1S/C45H29N5O/c1-3-13-30(14-4-1)32-22-24-38-34(27-32)35-28-33(31-15-5-2-6-16-31)23-25-39(35)49(38)44-29-37(36-17-11-12-26-46-36)47-45(48-44)50-40-18-7-9-20-42(40)51-43-21-10-8-19-41(43)50/h1-29H. The van der Waals surface area contributed by atoms with Crippen molar-refractivity contribution in [2.45, 2.75) is 0 Å². The summed E-state index contributed by atoms with van der Waals surface area (Å²) in [6.07, 6.45) is 1.80. The average molecular weight is 656 g/mol. The molecule has 3 aromatic heterocycles. The molecule has 6 heteroatoms. The van der Waals surface area contributed by atoms with Crippen LogP contribution in [0.3, 0.4) is 0 Å². The van der Waals surface area contributed by atoms with E-state index in [9.17, 15) is 0 Å². The van der Waals surface area contributed by atoms with Crippen molar-refractivity contribution in [3.63, 3.8) is 0 Å². The maximum absolute atomic E-state index is 6.34. The van der Waals surface area contributed by atoms with E-state index in [-0.39, 0.29) is 0 Å². The van der Waals surface area contributed by atoms with Crippen LogP contribution in [-0.2, 0) is 0 Å². The predicted molar refractivity (Wildman–Crippen MR) is 205 cm³/mol. The van der Waals surface area contributed by atoms with Crippen molar-refractivity contribution in [3.05, 3.63) is 176 Å². The molecule has 51 heavy (non-hydrogen) atoms. The van der Waals surface area contributed by atoms with Crippen molar-refractivity contribution in [3.8, 4) is 51.0 Å². The van der Waals surface area contributed by atoms with Gasteiger partial charge in [0.2, 0.25) is 5.95 Å². The molecule has 0 N–H and O–H groups in total. The van der Waals surface area contributed by atoms with Crippen LogP contribution in [0.2, 0.25) is 0 Å². The van der Waals surface area contributed by atoms with Crippen molar-refractivity contribution in [2.24, 2.45) is 0 Å². The van der Waals surface area contributed by atoms with Crippen LogP contribution >= 0.6 is 0 Å². The van der Waals surface area contributed by atoms with Gasteiger partial charge in [0.15, 0.2) is 11.5 Å². The lowest BCUT2D eigenvalue weighted by molar-refractivity contribution is 0.476. The Morgan fingerprint density at radius 3 is 1.55 bits per heavy atom. The van der Waals surface area contributed by atoms with E-state index >= 15 is 0 Å². The molecule has 240 valence electrons. The predicted octanol–water partition coefficient (Wildman–Crippen LogP) is 11.5. The molecule has 0 saturated carbocycles. The number of hydrogen-bond acceptors (Lipinski definition) is 5. The first-order valence-electron chi connectivity index (χ1n) is 16.9. The summed E-state index contributed by atoms with van der Waals surface area (Å²) in [5, 5.41) is 2.29. The lowest BCUT2D eigenvalue weighted by atomic mass is 10.0. The molecule has 0 unspecified atom stereocenters. The molecule has 0 bridgehead atoms. The van der Waals surface area contributed by atoms with Crippen molar-refractivity contribution in [2.75, 3.05) is 4.90 Å². The lowest BCUT2D eigenvalue weighted by Crippen LogP contribution is -2.19. The summed E-state index contributed by atoms with van der Waals surface area (Å²) in [5.41, 5.74) is 9.97. The Morgan fingerprint density at radius 1 is 0.431 bits per heavy atom. The first kappa shape index (κ1) is 28.9. The monoisotopic (exact) mass is 655 g/mol. The van der Waals surface area contributed by atoms with Gasteiger partial charge in [-0.2, -0.15) is 4.98 Å². The van der Waals surface area contributed by atoms with Gasteiger partial charge in [-0.1, -0.05) is 103 Å². The molecule has 6 aromatic carbocycles. The number of hydrogen-bond donors (Lipinski definition) is 0. The average Bonchev–Trinajstić information content (AvgIpc) is 3.54. The van der Waals surface area contributed by atoms with E-state index in [1.165, 1.54) is 11.1 Å². The Labute approximate surface area is 294 Å². The van der Waals surface area contributed by atoms with Crippen LogP contribution in [0.5, 0.6) is 11.5 Å². The third-order valence-electron chi connectivity index (χ3n) is 9.47. The second kappa shape index (κ2) is 11.8. The maximum atomic E-state index is 6.34. The van der Waals surface area contributed by atoms with Gasteiger partial charge in [0.05, 0.1) is 33.8 Å². The van der Waals surface area contributed by atoms with Crippen molar-refractivity contribution < 1.29 is 4.74 Å². The highest BCUT2D eigenvalue weighted by molar-refractivity contribution is 6.11. The van der Waals surface area contributed by atoms with Gasteiger partial charge in [-0.25, -0.2) is 4.98 Å². The summed E-state index contributed by atoms with van der Waals surface area (Å²) < 4.78 is 8.60. The topological polar surface area (TPSA) is 56.1 Å². The minimum atomic E-state index is 0.521. The molecule has 0 atom stereocenters. The largest absolute Gasteiger partial charge is 0.453 e. The third kappa shape index (κ3) is 4.92. The highest BCUT2D eigenvalue weighted by Crippen LogP contribution is 2.49. The fraction of sp³-hybridized carbons (Fsp3) is 0. The summed E-state index contributed by atoms with van der Waals surface area (Å²) in [5.74, 6) is 2.74. The van der Waals surface area contributed by atoms with E-state index in [2.05, 4.69) is 107 Å².